The average Bonchev–Trinajstić information content (AvgIpc) is 2.86. The van der Waals surface area contributed by atoms with Gasteiger partial charge in [0.25, 0.3) is 5.91 Å². The van der Waals surface area contributed by atoms with Crippen molar-refractivity contribution in [2.75, 3.05) is 19.5 Å². The maximum atomic E-state index is 14.5. The predicted molar refractivity (Wildman–Crippen MR) is 122 cm³/mol. The van der Waals surface area contributed by atoms with Crippen LogP contribution in [0.5, 0.6) is 11.5 Å². The molecule has 2 aromatic carbocycles. The number of hydrogen-bond acceptors (Lipinski definition) is 6. The van der Waals surface area contributed by atoms with Crippen molar-refractivity contribution in [1.82, 2.24) is 5.32 Å². The van der Waals surface area contributed by atoms with Crippen molar-refractivity contribution in [2.24, 2.45) is 0 Å². The summed E-state index contributed by atoms with van der Waals surface area (Å²) in [6.07, 6.45) is -28.1. The zero-order chi connectivity index (χ0) is 33.2. The number of methoxy groups -OCH3 is 2. The van der Waals surface area contributed by atoms with E-state index in [4.69, 9.17) is 21.7 Å². The molecular weight excluding hydrogens is 651 g/mol. The first kappa shape index (κ1) is 35.6. The van der Waals surface area contributed by atoms with Gasteiger partial charge in [0, 0.05) is 22.9 Å². The molecule has 0 saturated carbocycles. The smallest absolute Gasteiger partial charge is 0.497 e. The van der Waals surface area contributed by atoms with Crippen LogP contribution < -0.4 is 20.1 Å². The van der Waals surface area contributed by atoms with Gasteiger partial charge in [-0.3, -0.25) is 10.1 Å². The Balaban J connectivity index is 2.26. The van der Waals surface area contributed by atoms with E-state index in [1.807, 2.05) is 0 Å². The summed E-state index contributed by atoms with van der Waals surface area (Å²) in [5.41, 5.74) is -2.70. The molecule has 0 aliphatic heterocycles. The number of rotatable bonds is 11. The molecule has 0 unspecified atom stereocenters. The molecule has 0 saturated heterocycles. The zero-order valence-corrected chi connectivity index (χ0v) is 21.7. The van der Waals surface area contributed by atoms with Gasteiger partial charge in [-0.15, -0.1) is 13.2 Å². The lowest BCUT2D eigenvalue weighted by Crippen LogP contribution is -2.61. The van der Waals surface area contributed by atoms with Gasteiger partial charge < -0.3 is 14.8 Å². The van der Waals surface area contributed by atoms with E-state index in [2.05, 4.69) is 15.4 Å². The molecule has 0 aromatic heterocycles. The Kier molecular flexibility index (Phi) is 10.1. The van der Waals surface area contributed by atoms with Crippen molar-refractivity contribution in [3.63, 3.8) is 0 Å². The minimum atomic E-state index is -7.55. The van der Waals surface area contributed by atoms with Crippen molar-refractivity contribution in [1.29, 1.82) is 0 Å². The second kappa shape index (κ2) is 12.2. The number of benzene rings is 2. The number of anilines is 1. The molecule has 2 N–H and O–H groups in total. The molecule has 0 spiro atoms. The van der Waals surface area contributed by atoms with E-state index in [0.29, 0.717) is 6.07 Å². The monoisotopic (exact) mass is 666 g/mol. The molecule has 240 valence electrons. The van der Waals surface area contributed by atoms with Crippen molar-refractivity contribution < 1.29 is 80.8 Å². The van der Waals surface area contributed by atoms with E-state index < -0.39 is 58.8 Å². The van der Waals surface area contributed by atoms with Crippen LogP contribution in [0.3, 0.4) is 0 Å². The molecule has 0 aliphatic rings. The van der Waals surface area contributed by atoms with Crippen LogP contribution in [0.2, 0.25) is 0 Å². The summed E-state index contributed by atoms with van der Waals surface area (Å²) in [7, 11) is 2.54. The SMILES string of the molecule is COc1cc(OC)cc(C(=O)NC(=S)Nc2cccc(C(F)(F)C(F)(F)OC(F)(F)C(F)(F)C(F)(F)OC(F)(F)F)c2)c1. The summed E-state index contributed by atoms with van der Waals surface area (Å²) in [5, 5.41) is 3.54. The molecule has 0 aliphatic carbocycles. The van der Waals surface area contributed by atoms with Crippen LogP contribution in [0.1, 0.15) is 15.9 Å². The number of ether oxygens (including phenoxy) is 4. The summed E-state index contributed by atoms with van der Waals surface area (Å²) in [6.45, 7) is 0. The third kappa shape index (κ3) is 8.07. The molecule has 0 bridgehead atoms. The quantitative estimate of drug-likeness (QED) is 0.200. The molecule has 2 aromatic rings. The molecule has 7 nitrogen and oxygen atoms in total. The minimum absolute atomic E-state index is 0.0853. The second-order valence-electron chi connectivity index (χ2n) is 7.94. The lowest BCUT2D eigenvalue weighted by molar-refractivity contribution is -0.535. The van der Waals surface area contributed by atoms with Crippen LogP contribution in [0.25, 0.3) is 0 Å². The highest BCUT2D eigenvalue weighted by molar-refractivity contribution is 7.80. The Morgan fingerprint density at radius 3 is 1.72 bits per heavy atom. The second-order valence-corrected chi connectivity index (χ2v) is 8.35. The summed E-state index contributed by atoms with van der Waals surface area (Å²) < 4.78 is 187. The van der Waals surface area contributed by atoms with E-state index in [9.17, 15) is 61.9 Å². The molecule has 0 atom stereocenters. The predicted octanol–water partition coefficient (Wildman–Crippen LogP) is 6.89. The largest absolute Gasteiger partial charge is 0.527 e. The van der Waals surface area contributed by atoms with Gasteiger partial charge in [0.15, 0.2) is 5.11 Å². The Bertz CT molecular complexity index is 1320. The van der Waals surface area contributed by atoms with Crippen molar-refractivity contribution in [3.8, 4) is 11.5 Å². The highest BCUT2D eigenvalue weighted by atomic mass is 32.1. The van der Waals surface area contributed by atoms with Crippen molar-refractivity contribution in [3.05, 3.63) is 53.6 Å². The number of carbonyl (C=O) groups excluding carboxylic acids is 1. The normalized spacial score (nSPS) is 13.4. The van der Waals surface area contributed by atoms with Crippen LogP contribution in [-0.2, 0) is 15.4 Å². The van der Waals surface area contributed by atoms with Crippen LogP contribution in [0, 0.1) is 0 Å². The third-order valence-corrected chi connectivity index (χ3v) is 5.12. The molecule has 43 heavy (non-hydrogen) atoms. The van der Waals surface area contributed by atoms with E-state index in [1.54, 1.807) is 4.74 Å². The lowest BCUT2D eigenvalue weighted by Gasteiger charge is -2.35. The van der Waals surface area contributed by atoms with Gasteiger partial charge in [0.2, 0.25) is 0 Å². The van der Waals surface area contributed by atoms with Crippen LogP contribution in [-0.4, -0.2) is 55.8 Å². The number of halogens is 13. The van der Waals surface area contributed by atoms with Gasteiger partial charge in [0.05, 0.1) is 14.2 Å². The van der Waals surface area contributed by atoms with Crippen LogP contribution in [0.4, 0.5) is 62.8 Å². The van der Waals surface area contributed by atoms with Crippen molar-refractivity contribution >= 4 is 28.9 Å². The summed E-state index contributed by atoms with van der Waals surface area (Å²) >= 11 is 4.82. The molecule has 0 fully saturated rings. The first-order valence-electron chi connectivity index (χ1n) is 10.7. The fourth-order valence-corrected chi connectivity index (χ4v) is 3.12. The van der Waals surface area contributed by atoms with E-state index in [0.717, 1.165) is 6.07 Å². The lowest BCUT2D eigenvalue weighted by atomic mass is 10.1. The fourth-order valence-electron chi connectivity index (χ4n) is 2.90. The maximum absolute atomic E-state index is 14.5. The number of thiocarbonyl (C=S) groups is 1. The van der Waals surface area contributed by atoms with E-state index in [-0.39, 0.29) is 29.2 Å². The first-order chi connectivity index (χ1) is 19.4. The molecule has 2 rings (SSSR count). The molecular formula is C22H15F13N2O5S. The number of amides is 1. The summed E-state index contributed by atoms with van der Waals surface area (Å²) in [5.74, 6) is -14.2. The highest BCUT2D eigenvalue weighted by Crippen LogP contribution is 2.54. The Morgan fingerprint density at radius 2 is 1.23 bits per heavy atom. The molecule has 0 radical (unpaired) electrons. The van der Waals surface area contributed by atoms with Gasteiger partial charge in [-0.1, -0.05) is 12.1 Å². The average molecular weight is 666 g/mol. The molecule has 0 heterocycles. The number of carbonyl (C=O) groups is 1. The first-order valence-corrected chi connectivity index (χ1v) is 11.1. The highest BCUT2D eigenvalue weighted by Gasteiger charge is 2.80. The van der Waals surface area contributed by atoms with Crippen molar-refractivity contribution in [2.45, 2.75) is 36.5 Å². The number of nitrogens with one attached hydrogen (secondary N) is 2. The van der Waals surface area contributed by atoms with Crippen LogP contribution in [0.15, 0.2) is 42.5 Å². The van der Waals surface area contributed by atoms with Crippen LogP contribution >= 0.6 is 12.2 Å². The number of alkyl halides is 13. The Hall–Kier alpha value is -3.59. The van der Waals surface area contributed by atoms with Gasteiger partial charge >= 0.3 is 36.5 Å². The van der Waals surface area contributed by atoms with E-state index in [1.165, 1.54) is 32.4 Å². The fraction of sp³-hybridized carbons (Fsp3) is 0.364. The van der Waals surface area contributed by atoms with E-state index >= 15 is 0 Å². The number of hydrogen-bond donors (Lipinski definition) is 2. The van der Waals surface area contributed by atoms with Gasteiger partial charge in [-0.05, 0) is 36.5 Å². The van der Waals surface area contributed by atoms with Gasteiger partial charge in [0.1, 0.15) is 11.5 Å². The summed E-state index contributed by atoms with van der Waals surface area (Å²) in [4.78, 5) is 12.5. The third-order valence-electron chi connectivity index (χ3n) is 4.92. The Labute approximate surface area is 236 Å². The Morgan fingerprint density at radius 1 is 0.721 bits per heavy atom. The van der Waals surface area contributed by atoms with Gasteiger partial charge in [-0.25, -0.2) is 9.47 Å². The maximum Gasteiger partial charge on any atom is 0.527 e. The minimum Gasteiger partial charge on any atom is -0.497 e. The molecule has 1 amide bonds. The standard InChI is InChI=1S/C22H15F13N2O5S/c1-39-13-6-10(7-14(9-13)40-2)15(38)37-16(43)36-12-5-3-4-11(8-12)17(23,24)19(27,28)41-20(29,30)18(25,26)21(31,32)42-22(33,34)35/h3-9H,1-2H3,(H2,36,37,38,43). The summed E-state index contributed by atoms with van der Waals surface area (Å²) in [6, 6.07) is 5.52. The zero-order valence-electron chi connectivity index (χ0n) is 20.9. The topological polar surface area (TPSA) is 78.1 Å². The molecule has 21 heteroatoms. The van der Waals surface area contributed by atoms with Gasteiger partial charge in [-0.2, -0.15) is 43.9 Å².